The lowest BCUT2D eigenvalue weighted by Gasteiger charge is -2.09. The molecule has 20 heavy (non-hydrogen) atoms. The fourth-order valence-electron chi connectivity index (χ4n) is 2.32. The summed E-state index contributed by atoms with van der Waals surface area (Å²) in [5.74, 6) is 0.714. The number of rotatable bonds is 8. The molecule has 0 spiro atoms. The smallest absolute Gasteiger partial charge is 0.0645 e. The molecule has 0 fully saturated rings. The maximum absolute atomic E-state index is 5.71. The lowest BCUT2D eigenvalue weighted by atomic mass is 10.1. The molecule has 110 valence electrons. The molecule has 3 nitrogen and oxygen atoms in total. The molecule has 0 saturated carbocycles. The van der Waals surface area contributed by atoms with E-state index in [0.29, 0.717) is 5.92 Å². The van der Waals surface area contributed by atoms with Gasteiger partial charge in [-0.25, -0.2) is 0 Å². The molecule has 0 saturated heterocycles. The molecule has 0 aliphatic rings. The van der Waals surface area contributed by atoms with Crippen LogP contribution in [0.2, 0.25) is 0 Å². The van der Waals surface area contributed by atoms with Gasteiger partial charge in [0.05, 0.1) is 6.61 Å². The van der Waals surface area contributed by atoms with Crippen LogP contribution in [0.1, 0.15) is 25.8 Å². The predicted molar refractivity (Wildman–Crippen MR) is 85.0 cm³/mol. The summed E-state index contributed by atoms with van der Waals surface area (Å²) in [7, 11) is 1.98. The Morgan fingerprint density at radius 3 is 2.80 bits per heavy atom. The van der Waals surface area contributed by atoms with Gasteiger partial charge in [0.15, 0.2) is 0 Å². The summed E-state index contributed by atoms with van der Waals surface area (Å²) in [6, 6.07) is 8.81. The maximum Gasteiger partial charge on any atom is 0.0645 e. The van der Waals surface area contributed by atoms with Gasteiger partial charge in [0.1, 0.15) is 0 Å². The average Bonchev–Trinajstić information content (AvgIpc) is 2.81. The first kappa shape index (κ1) is 15.1. The molecular weight excluding hydrogens is 248 g/mol. The van der Waals surface area contributed by atoms with Crippen LogP contribution in [-0.4, -0.2) is 24.8 Å². The van der Waals surface area contributed by atoms with Crippen molar-refractivity contribution in [3.8, 4) is 0 Å². The van der Waals surface area contributed by atoms with Crippen molar-refractivity contribution in [1.82, 2.24) is 9.88 Å². The van der Waals surface area contributed by atoms with Crippen LogP contribution in [0, 0.1) is 5.92 Å². The van der Waals surface area contributed by atoms with Crippen LogP contribution < -0.4 is 5.32 Å². The topological polar surface area (TPSA) is 26.2 Å². The van der Waals surface area contributed by atoms with Crippen LogP contribution in [0.25, 0.3) is 10.9 Å². The second kappa shape index (κ2) is 7.46. The van der Waals surface area contributed by atoms with E-state index in [1.165, 1.54) is 16.5 Å². The second-order valence-corrected chi connectivity index (χ2v) is 5.73. The molecule has 3 heteroatoms. The van der Waals surface area contributed by atoms with E-state index in [0.717, 1.165) is 32.7 Å². The van der Waals surface area contributed by atoms with E-state index in [4.69, 9.17) is 4.74 Å². The average molecular weight is 274 g/mol. The van der Waals surface area contributed by atoms with Crippen molar-refractivity contribution in [2.75, 3.05) is 20.3 Å². The summed E-state index contributed by atoms with van der Waals surface area (Å²) in [4.78, 5) is 0. The summed E-state index contributed by atoms with van der Waals surface area (Å²) < 4.78 is 7.99. The molecule has 0 aliphatic carbocycles. The number of nitrogens with zero attached hydrogens (tertiary/aromatic N) is 1. The first-order valence-corrected chi connectivity index (χ1v) is 7.51. The molecule has 2 rings (SSSR count). The van der Waals surface area contributed by atoms with Crippen molar-refractivity contribution in [1.29, 1.82) is 0 Å². The third kappa shape index (κ3) is 4.09. The Morgan fingerprint density at radius 2 is 2.05 bits per heavy atom. The number of hydrogen-bond donors (Lipinski definition) is 1. The van der Waals surface area contributed by atoms with E-state index in [1.54, 1.807) is 0 Å². The molecule has 2 aromatic rings. The van der Waals surface area contributed by atoms with Crippen LogP contribution in [0.4, 0.5) is 0 Å². The van der Waals surface area contributed by atoms with Crippen LogP contribution in [0.15, 0.2) is 30.5 Å². The highest BCUT2D eigenvalue weighted by molar-refractivity contribution is 5.80. The van der Waals surface area contributed by atoms with Crippen molar-refractivity contribution in [3.05, 3.63) is 36.0 Å². The SMILES string of the molecule is CNCc1ccc2ccn(CCOCCC(C)C)c2c1. The third-order valence-corrected chi connectivity index (χ3v) is 3.54. The van der Waals surface area contributed by atoms with E-state index in [2.05, 4.69) is 54.2 Å². The fraction of sp³-hybridized carbons (Fsp3) is 0.529. The Hall–Kier alpha value is -1.32. The molecule has 0 bridgehead atoms. The van der Waals surface area contributed by atoms with Gasteiger partial charge in [-0.15, -0.1) is 0 Å². The van der Waals surface area contributed by atoms with Crippen molar-refractivity contribution in [3.63, 3.8) is 0 Å². The Morgan fingerprint density at radius 1 is 1.20 bits per heavy atom. The van der Waals surface area contributed by atoms with Gasteiger partial charge in [-0.2, -0.15) is 0 Å². The van der Waals surface area contributed by atoms with Crippen LogP contribution in [0.5, 0.6) is 0 Å². The van der Waals surface area contributed by atoms with E-state index in [9.17, 15) is 0 Å². The highest BCUT2D eigenvalue weighted by atomic mass is 16.5. The summed E-state index contributed by atoms with van der Waals surface area (Å²) in [6.07, 6.45) is 3.29. The summed E-state index contributed by atoms with van der Waals surface area (Å²) in [6.45, 7) is 7.93. The van der Waals surface area contributed by atoms with Gasteiger partial charge < -0.3 is 14.6 Å². The number of aromatic nitrogens is 1. The molecule has 1 heterocycles. The normalized spacial score (nSPS) is 11.6. The number of benzene rings is 1. The Labute approximate surface area is 121 Å². The van der Waals surface area contributed by atoms with Gasteiger partial charge in [-0.05, 0) is 42.5 Å². The van der Waals surface area contributed by atoms with Crippen molar-refractivity contribution in [2.24, 2.45) is 5.92 Å². The molecule has 1 aromatic heterocycles. The number of fused-ring (bicyclic) bond motifs is 1. The Kier molecular flexibility index (Phi) is 5.62. The maximum atomic E-state index is 5.71. The molecule has 0 amide bonds. The van der Waals surface area contributed by atoms with Crippen molar-refractivity contribution < 1.29 is 4.74 Å². The van der Waals surface area contributed by atoms with E-state index in [-0.39, 0.29) is 0 Å². The quantitative estimate of drug-likeness (QED) is 0.746. The van der Waals surface area contributed by atoms with Gasteiger partial charge in [-0.1, -0.05) is 26.0 Å². The minimum Gasteiger partial charge on any atom is -0.380 e. The van der Waals surface area contributed by atoms with Crippen LogP contribution in [0.3, 0.4) is 0 Å². The van der Waals surface area contributed by atoms with Gasteiger partial charge in [0.25, 0.3) is 0 Å². The van der Waals surface area contributed by atoms with E-state index in [1.807, 2.05) is 7.05 Å². The molecule has 1 N–H and O–H groups in total. The Balaban J connectivity index is 1.94. The van der Waals surface area contributed by atoms with Gasteiger partial charge in [-0.3, -0.25) is 0 Å². The molecular formula is C17H26N2O. The first-order chi connectivity index (χ1) is 9.70. The highest BCUT2D eigenvalue weighted by Gasteiger charge is 2.02. The van der Waals surface area contributed by atoms with Gasteiger partial charge in [0.2, 0.25) is 0 Å². The molecule has 1 aromatic carbocycles. The third-order valence-electron chi connectivity index (χ3n) is 3.54. The van der Waals surface area contributed by atoms with Crippen LogP contribution in [-0.2, 0) is 17.8 Å². The number of ether oxygens (including phenoxy) is 1. The standard InChI is InChI=1S/C17H26N2O/c1-14(2)7-10-20-11-9-19-8-6-16-5-4-15(13-18-3)12-17(16)19/h4-6,8,12,14,18H,7,9-11,13H2,1-3H3. The zero-order valence-electron chi connectivity index (χ0n) is 12.9. The van der Waals surface area contributed by atoms with E-state index >= 15 is 0 Å². The fourth-order valence-corrected chi connectivity index (χ4v) is 2.32. The number of hydrogen-bond acceptors (Lipinski definition) is 2. The minimum atomic E-state index is 0.714. The second-order valence-electron chi connectivity index (χ2n) is 5.73. The van der Waals surface area contributed by atoms with Gasteiger partial charge >= 0.3 is 0 Å². The lowest BCUT2D eigenvalue weighted by Crippen LogP contribution is -2.08. The summed E-state index contributed by atoms with van der Waals surface area (Å²) >= 11 is 0. The molecule has 0 aliphatic heterocycles. The van der Waals surface area contributed by atoms with Gasteiger partial charge in [0, 0.05) is 31.4 Å². The molecule has 0 radical (unpaired) electrons. The minimum absolute atomic E-state index is 0.714. The van der Waals surface area contributed by atoms with E-state index < -0.39 is 0 Å². The number of nitrogens with one attached hydrogen (secondary N) is 1. The predicted octanol–water partition coefficient (Wildman–Crippen LogP) is 3.42. The van der Waals surface area contributed by atoms with Crippen molar-refractivity contribution >= 4 is 10.9 Å². The molecule has 0 unspecified atom stereocenters. The zero-order valence-corrected chi connectivity index (χ0v) is 12.9. The summed E-state index contributed by atoms with van der Waals surface area (Å²) in [5, 5.41) is 4.50. The largest absolute Gasteiger partial charge is 0.380 e. The molecule has 0 atom stereocenters. The summed E-state index contributed by atoms with van der Waals surface area (Å²) in [5.41, 5.74) is 2.62. The van der Waals surface area contributed by atoms with Crippen LogP contribution >= 0.6 is 0 Å². The zero-order chi connectivity index (χ0) is 14.4. The lowest BCUT2D eigenvalue weighted by molar-refractivity contribution is 0.117. The highest BCUT2D eigenvalue weighted by Crippen LogP contribution is 2.17. The first-order valence-electron chi connectivity index (χ1n) is 7.51. The van der Waals surface area contributed by atoms with Crippen molar-refractivity contribution in [2.45, 2.75) is 33.4 Å². The monoisotopic (exact) mass is 274 g/mol. The Bertz CT molecular complexity index is 531.